The Labute approximate surface area is 95.3 Å². The van der Waals surface area contributed by atoms with E-state index in [2.05, 4.69) is 16.8 Å². The predicted molar refractivity (Wildman–Crippen MR) is 64.8 cm³/mol. The van der Waals surface area contributed by atoms with Crippen LogP contribution in [-0.2, 0) is 6.54 Å². The molecule has 15 heavy (non-hydrogen) atoms. The van der Waals surface area contributed by atoms with E-state index in [0.717, 1.165) is 12.5 Å². The van der Waals surface area contributed by atoms with Crippen LogP contribution in [0.4, 0.5) is 5.13 Å². The fourth-order valence-electron chi connectivity index (χ4n) is 2.32. The molecule has 2 N–H and O–H groups in total. The third kappa shape index (κ3) is 2.92. The van der Waals surface area contributed by atoms with Gasteiger partial charge >= 0.3 is 0 Å². The number of anilines is 1. The third-order valence-corrected chi connectivity index (χ3v) is 3.83. The molecule has 0 aliphatic carbocycles. The fraction of sp³-hybridized carbons (Fsp3) is 0.727. The Kier molecular flexibility index (Phi) is 3.59. The molecule has 1 fully saturated rings. The fourth-order valence-corrected chi connectivity index (χ4v) is 3.04. The molecule has 2 heterocycles. The molecular formula is C11H19N3S. The quantitative estimate of drug-likeness (QED) is 0.855. The van der Waals surface area contributed by atoms with Crippen LogP contribution in [0.15, 0.2) is 6.20 Å². The number of rotatable bonds is 4. The van der Waals surface area contributed by atoms with Crippen LogP contribution in [0.25, 0.3) is 0 Å². The molecule has 1 aromatic rings. The minimum absolute atomic E-state index is 0.689. The highest BCUT2D eigenvalue weighted by Crippen LogP contribution is 2.24. The largest absolute Gasteiger partial charge is 0.375 e. The van der Waals surface area contributed by atoms with Gasteiger partial charge in [-0.05, 0) is 25.3 Å². The van der Waals surface area contributed by atoms with E-state index in [-0.39, 0.29) is 0 Å². The van der Waals surface area contributed by atoms with Gasteiger partial charge in [0.1, 0.15) is 0 Å². The average Bonchev–Trinajstić information content (AvgIpc) is 2.78. The number of aromatic nitrogens is 1. The first kappa shape index (κ1) is 10.9. The van der Waals surface area contributed by atoms with E-state index in [0.29, 0.717) is 5.13 Å². The molecule has 1 unspecified atom stereocenters. The zero-order chi connectivity index (χ0) is 10.7. The summed E-state index contributed by atoms with van der Waals surface area (Å²) in [5.41, 5.74) is 5.62. The number of hydrogen-bond acceptors (Lipinski definition) is 4. The van der Waals surface area contributed by atoms with Crippen molar-refractivity contribution in [1.82, 2.24) is 9.88 Å². The van der Waals surface area contributed by atoms with Crippen LogP contribution in [0.2, 0.25) is 0 Å². The lowest BCUT2D eigenvalue weighted by molar-refractivity contribution is 0.315. The van der Waals surface area contributed by atoms with Crippen LogP contribution in [0.5, 0.6) is 0 Å². The second kappa shape index (κ2) is 4.94. The van der Waals surface area contributed by atoms with Crippen LogP contribution in [-0.4, -0.2) is 23.0 Å². The molecule has 1 atom stereocenters. The Bertz CT molecular complexity index is 311. The lowest BCUT2D eigenvalue weighted by atomic mass is 10.0. The van der Waals surface area contributed by atoms with Crippen LogP contribution in [0.1, 0.15) is 31.1 Å². The van der Waals surface area contributed by atoms with Gasteiger partial charge in [0.05, 0.1) is 0 Å². The van der Waals surface area contributed by atoms with Crippen molar-refractivity contribution in [2.75, 3.05) is 18.8 Å². The third-order valence-electron chi connectivity index (χ3n) is 3.02. The summed E-state index contributed by atoms with van der Waals surface area (Å²) in [4.78, 5) is 7.90. The lowest BCUT2D eigenvalue weighted by Crippen LogP contribution is -2.19. The Hall–Kier alpha value is -0.610. The Morgan fingerprint density at radius 3 is 3.20 bits per heavy atom. The first-order chi connectivity index (χ1) is 7.28. The first-order valence-electron chi connectivity index (χ1n) is 5.70. The number of likely N-dealkylation sites (tertiary alicyclic amines) is 1. The van der Waals surface area contributed by atoms with Crippen molar-refractivity contribution in [2.24, 2.45) is 5.92 Å². The van der Waals surface area contributed by atoms with Crippen LogP contribution >= 0.6 is 11.3 Å². The van der Waals surface area contributed by atoms with Crippen LogP contribution in [0, 0.1) is 5.92 Å². The number of nitrogen functional groups attached to an aromatic ring is 1. The highest BCUT2D eigenvalue weighted by atomic mass is 32.1. The smallest absolute Gasteiger partial charge is 0.180 e. The van der Waals surface area contributed by atoms with Crippen molar-refractivity contribution in [3.8, 4) is 0 Å². The average molecular weight is 225 g/mol. The SMILES string of the molecule is CCCC1CCN(Cc2cnc(N)s2)C1. The highest BCUT2D eigenvalue weighted by Gasteiger charge is 2.21. The summed E-state index contributed by atoms with van der Waals surface area (Å²) < 4.78 is 0. The topological polar surface area (TPSA) is 42.2 Å². The predicted octanol–water partition coefficient (Wildman–Crippen LogP) is 2.35. The summed E-state index contributed by atoms with van der Waals surface area (Å²) in [6.45, 7) is 5.80. The molecule has 84 valence electrons. The van der Waals surface area contributed by atoms with Gasteiger partial charge in [-0.3, -0.25) is 4.90 Å². The summed E-state index contributed by atoms with van der Waals surface area (Å²) in [7, 11) is 0. The summed E-state index contributed by atoms with van der Waals surface area (Å²) in [5.74, 6) is 0.917. The summed E-state index contributed by atoms with van der Waals surface area (Å²) >= 11 is 1.61. The van der Waals surface area contributed by atoms with E-state index < -0.39 is 0 Å². The highest BCUT2D eigenvalue weighted by molar-refractivity contribution is 7.15. The van der Waals surface area contributed by atoms with Gasteiger partial charge in [0, 0.05) is 24.2 Å². The van der Waals surface area contributed by atoms with Crippen molar-refractivity contribution < 1.29 is 0 Å². The molecule has 0 bridgehead atoms. The van der Waals surface area contributed by atoms with Gasteiger partial charge in [0.2, 0.25) is 0 Å². The molecule has 1 saturated heterocycles. The number of hydrogen-bond donors (Lipinski definition) is 1. The Morgan fingerprint density at radius 1 is 1.67 bits per heavy atom. The Balaban J connectivity index is 1.82. The summed E-state index contributed by atoms with van der Waals surface area (Å²) in [5, 5.41) is 0.689. The Morgan fingerprint density at radius 2 is 2.53 bits per heavy atom. The maximum atomic E-state index is 5.62. The van der Waals surface area contributed by atoms with Crippen LogP contribution in [0.3, 0.4) is 0 Å². The first-order valence-corrected chi connectivity index (χ1v) is 6.52. The monoisotopic (exact) mass is 225 g/mol. The van der Waals surface area contributed by atoms with Gasteiger partial charge in [0.25, 0.3) is 0 Å². The summed E-state index contributed by atoms with van der Waals surface area (Å²) in [6.07, 6.45) is 5.96. The van der Waals surface area contributed by atoms with E-state index in [1.165, 1.54) is 37.2 Å². The van der Waals surface area contributed by atoms with E-state index in [9.17, 15) is 0 Å². The van der Waals surface area contributed by atoms with Crippen molar-refractivity contribution in [3.05, 3.63) is 11.1 Å². The zero-order valence-electron chi connectivity index (χ0n) is 9.28. The standard InChI is InChI=1S/C11H19N3S/c1-2-3-9-4-5-14(7-9)8-10-6-13-11(12)15-10/h6,9H,2-5,7-8H2,1H3,(H2,12,13). The number of thiazole rings is 1. The molecule has 0 amide bonds. The van der Waals surface area contributed by atoms with E-state index >= 15 is 0 Å². The number of nitrogens with zero attached hydrogens (tertiary/aromatic N) is 2. The van der Waals surface area contributed by atoms with Gasteiger partial charge in [-0.1, -0.05) is 13.3 Å². The molecule has 1 aliphatic rings. The molecule has 0 radical (unpaired) electrons. The van der Waals surface area contributed by atoms with Gasteiger partial charge in [-0.2, -0.15) is 0 Å². The molecule has 3 nitrogen and oxygen atoms in total. The molecular weight excluding hydrogens is 206 g/mol. The number of nitrogens with two attached hydrogens (primary N) is 1. The van der Waals surface area contributed by atoms with E-state index in [1.54, 1.807) is 11.3 Å². The van der Waals surface area contributed by atoms with Crippen molar-refractivity contribution in [2.45, 2.75) is 32.7 Å². The lowest BCUT2D eigenvalue weighted by Gasteiger charge is -2.14. The van der Waals surface area contributed by atoms with Gasteiger partial charge in [-0.25, -0.2) is 4.98 Å². The van der Waals surface area contributed by atoms with Crippen LogP contribution < -0.4 is 5.73 Å². The second-order valence-corrected chi connectivity index (χ2v) is 5.49. The minimum Gasteiger partial charge on any atom is -0.375 e. The van der Waals surface area contributed by atoms with E-state index in [4.69, 9.17) is 5.73 Å². The molecule has 4 heteroatoms. The molecule has 1 aromatic heterocycles. The maximum Gasteiger partial charge on any atom is 0.180 e. The molecule has 0 saturated carbocycles. The maximum absolute atomic E-state index is 5.62. The summed E-state index contributed by atoms with van der Waals surface area (Å²) in [6, 6.07) is 0. The second-order valence-electron chi connectivity index (χ2n) is 4.34. The molecule has 0 aromatic carbocycles. The zero-order valence-corrected chi connectivity index (χ0v) is 10.1. The van der Waals surface area contributed by atoms with Crippen molar-refractivity contribution in [3.63, 3.8) is 0 Å². The van der Waals surface area contributed by atoms with Gasteiger partial charge < -0.3 is 5.73 Å². The van der Waals surface area contributed by atoms with Crippen molar-refractivity contribution in [1.29, 1.82) is 0 Å². The van der Waals surface area contributed by atoms with Gasteiger partial charge in [-0.15, -0.1) is 11.3 Å². The van der Waals surface area contributed by atoms with Gasteiger partial charge in [0.15, 0.2) is 5.13 Å². The molecule has 2 rings (SSSR count). The van der Waals surface area contributed by atoms with Crippen molar-refractivity contribution >= 4 is 16.5 Å². The normalized spacial score (nSPS) is 22.3. The molecule has 0 spiro atoms. The molecule has 1 aliphatic heterocycles. The van der Waals surface area contributed by atoms with E-state index in [1.807, 2.05) is 6.20 Å². The minimum atomic E-state index is 0.689.